The first kappa shape index (κ1) is 10.8. The molecular weight excluding hydrogens is 200 g/mol. The smallest absolute Gasteiger partial charge is 0.258 e. The number of hydrogen-bond donors (Lipinski definition) is 1. The molecule has 1 aromatic rings. The molecule has 0 aliphatic heterocycles. The van der Waals surface area contributed by atoms with Gasteiger partial charge in [0.1, 0.15) is 11.4 Å². The summed E-state index contributed by atoms with van der Waals surface area (Å²) in [5, 5.41) is 0.567. The van der Waals surface area contributed by atoms with Crippen LogP contribution in [0.3, 0.4) is 0 Å². The molecule has 14 heavy (non-hydrogen) atoms. The van der Waals surface area contributed by atoms with Crippen LogP contribution in [0.1, 0.15) is 10.4 Å². The van der Waals surface area contributed by atoms with Crippen LogP contribution in [0.25, 0.3) is 0 Å². The molecule has 0 unspecified atom stereocenters. The molecule has 2 N–H and O–H groups in total. The van der Waals surface area contributed by atoms with Gasteiger partial charge in [-0.1, -0.05) is 11.8 Å². The van der Waals surface area contributed by atoms with Crippen LogP contribution >= 0.6 is 11.8 Å². The summed E-state index contributed by atoms with van der Waals surface area (Å²) in [6.07, 6.45) is 3.30. The van der Waals surface area contributed by atoms with E-state index in [0.29, 0.717) is 10.7 Å². The first-order valence-corrected chi connectivity index (χ1v) is 5.17. The average molecular weight is 212 g/mol. The minimum absolute atomic E-state index is 0.185. The van der Waals surface area contributed by atoms with E-state index in [1.54, 1.807) is 14.1 Å². The van der Waals surface area contributed by atoms with Crippen molar-refractivity contribution in [2.75, 3.05) is 26.1 Å². The number of aromatic nitrogens is 2. The molecule has 1 amide bonds. The zero-order valence-electron chi connectivity index (χ0n) is 8.31. The predicted octanol–water partition coefficient (Wildman–Crippen LogP) is 0.483. The Balaban J connectivity index is 3.06. The van der Waals surface area contributed by atoms with Crippen molar-refractivity contribution in [3.63, 3.8) is 0 Å². The van der Waals surface area contributed by atoms with Crippen molar-refractivity contribution >= 4 is 23.5 Å². The molecule has 76 valence electrons. The summed E-state index contributed by atoms with van der Waals surface area (Å²) in [5.41, 5.74) is 5.96. The molecule has 0 saturated heterocycles. The Kier molecular flexibility index (Phi) is 3.29. The molecule has 1 aromatic heterocycles. The third-order valence-corrected chi connectivity index (χ3v) is 2.18. The van der Waals surface area contributed by atoms with Gasteiger partial charge in [0, 0.05) is 20.3 Å². The first-order valence-electron chi connectivity index (χ1n) is 3.94. The summed E-state index contributed by atoms with van der Waals surface area (Å²) < 4.78 is 0. The van der Waals surface area contributed by atoms with Crippen LogP contribution in [0.2, 0.25) is 0 Å². The number of thioether (sulfide) groups is 1. The summed E-state index contributed by atoms with van der Waals surface area (Å²) in [7, 11) is 3.31. The summed E-state index contributed by atoms with van der Waals surface area (Å²) in [4.78, 5) is 20.9. The van der Waals surface area contributed by atoms with Gasteiger partial charge in [-0.15, -0.1) is 0 Å². The van der Waals surface area contributed by atoms with Crippen molar-refractivity contribution in [1.29, 1.82) is 0 Å². The number of hydrogen-bond acceptors (Lipinski definition) is 5. The van der Waals surface area contributed by atoms with Gasteiger partial charge in [0.25, 0.3) is 5.91 Å². The number of nitrogen functional groups attached to an aromatic ring is 1. The average Bonchev–Trinajstić information content (AvgIpc) is 2.16. The second-order valence-electron chi connectivity index (χ2n) is 2.86. The van der Waals surface area contributed by atoms with Crippen LogP contribution < -0.4 is 5.73 Å². The van der Waals surface area contributed by atoms with Crippen molar-refractivity contribution in [2.24, 2.45) is 0 Å². The van der Waals surface area contributed by atoms with Gasteiger partial charge in [-0.25, -0.2) is 9.97 Å². The highest BCUT2D eigenvalue weighted by Gasteiger charge is 2.13. The largest absolute Gasteiger partial charge is 0.383 e. The Bertz CT molecular complexity index is 353. The van der Waals surface area contributed by atoms with Gasteiger partial charge in [-0.3, -0.25) is 4.79 Å². The third kappa shape index (κ3) is 2.14. The lowest BCUT2D eigenvalue weighted by atomic mass is 10.3. The number of amides is 1. The summed E-state index contributed by atoms with van der Waals surface area (Å²) in [5.74, 6) is 0.0400. The van der Waals surface area contributed by atoms with Crippen molar-refractivity contribution in [3.8, 4) is 0 Å². The number of carbonyl (C=O) groups excluding carboxylic acids is 1. The fraction of sp³-hybridized carbons (Fsp3) is 0.375. The molecule has 0 aromatic carbocycles. The normalized spacial score (nSPS) is 9.93. The Morgan fingerprint density at radius 3 is 2.64 bits per heavy atom. The standard InChI is InChI=1S/C8H12N4OS/c1-12(2)7(13)5-4-10-8(14-3)11-6(5)9/h4H,1-3H3,(H2,9,10,11). The van der Waals surface area contributed by atoms with E-state index in [9.17, 15) is 4.79 Å². The minimum atomic E-state index is -0.185. The van der Waals surface area contributed by atoms with Crippen molar-refractivity contribution in [3.05, 3.63) is 11.8 Å². The molecule has 0 aliphatic rings. The lowest BCUT2D eigenvalue weighted by Gasteiger charge is -2.11. The van der Waals surface area contributed by atoms with E-state index in [1.807, 2.05) is 6.26 Å². The van der Waals surface area contributed by atoms with Crippen LogP contribution in [-0.2, 0) is 0 Å². The van der Waals surface area contributed by atoms with Gasteiger partial charge in [0.05, 0.1) is 0 Å². The second-order valence-corrected chi connectivity index (χ2v) is 3.63. The maximum Gasteiger partial charge on any atom is 0.258 e. The predicted molar refractivity (Wildman–Crippen MR) is 56.2 cm³/mol. The fourth-order valence-electron chi connectivity index (χ4n) is 0.882. The first-order chi connectivity index (χ1) is 6.56. The van der Waals surface area contributed by atoms with Gasteiger partial charge in [0.15, 0.2) is 5.16 Å². The van der Waals surface area contributed by atoms with Crippen LogP contribution in [-0.4, -0.2) is 41.1 Å². The summed E-state index contributed by atoms with van der Waals surface area (Å²) >= 11 is 1.38. The Morgan fingerprint density at radius 1 is 1.57 bits per heavy atom. The third-order valence-electron chi connectivity index (χ3n) is 1.62. The number of carbonyl (C=O) groups is 1. The van der Waals surface area contributed by atoms with E-state index < -0.39 is 0 Å². The van der Waals surface area contributed by atoms with Gasteiger partial charge < -0.3 is 10.6 Å². The molecule has 0 radical (unpaired) electrons. The van der Waals surface area contributed by atoms with Gasteiger partial charge >= 0.3 is 0 Å². The molecule has 0 spiro atoms. The topological polar surface area (TPSA) is 72.1 Å². The van der Waals surface area contributed by atoms with Crippen LogP contribution in [0, 0.1) is 0 Å². The SMILES string of the molecule is CSc1ncc(C(=O)N(C)C)c(N)n1. The maximum atomic E-state index is 11.5. The lowest BCUT2D eigenvalue weighted by molar-refractivity contribution is 0.0827. The van der Waals surface area contributed by atoms with E-state index in [-0.39, 0.29) is 11.7 Å². The number of nitrogens with two attached hydrogens (primary N) is 1. The summed E-state index contributed by atoms with van der Waals surface area (Å²) in [6.45, 7) is 0. The monoisotopic (exact) mass is 212 g/mol. The molecule has 5 nitrogen and oxygen atoms in total. The van der Waals surface area contributed by atoms with E-state index in [2.05, 4.69) is 9.97 Å². The van der Waals surface area contributed by atoms with Crippen molar-refractivity contribution in [2.45, 2.75) is 5.16 Å². The zero-order valence-corrected chi connectivity index (χ0v) is 9.13. The molecule has 1 rings (SSSR count). The van der Waals surface area contributed by atoms with Crippen LogP contribution in [0.15, 0.2) is 11.4 Å². The highest BCUT2D eigenvalue weighted by atomic mass is 32.2. The molecule has 0 saturated carbocycles. The number of rotatable bonds is 2. The van der Waals surface area contributed by atoms with Gasteiger partial charge in [-0.05, 0) is 6.26 Å². The Labute approximate surface area is 86.7 Å². The molecule has 0 bridgehead atoms. The highest BCUT2D eigenvalue weighted by Crippen LogP contribution is 2.14. The molecular formula is C8H12N4OS. The van der Waals surface area contributed by atoms with Gasteiger partial charge in [-0.2, -0.15) is 0 Å². The van der Waals surface area contributed by atoms with Crippen molar-refractivity contribution < 1.29 is 4.79 Å². The highest BCUT2D eigenvalue weighted by molar-refractivity contribution is 7.98. The van der Waals surface area contributed by atoms with Crippen LogP contribution in [0.4, 0.5) is 5.82 Å². The molecule has 0 fully saturated rings. The van der Waals surface area contributed by atoms with E-state index in [4.69, 9.17) is 5.73 Å². The molecule has 1 heterocycles. The molecule has 6 heteroatoms. The zero-order chi connectivity index (χ0) is 10.7. The van der Waals surface area contributed by atoms with E-state index >= 15 is 0 Å². The molecule has 0 aliphatic carbocycles. The minimum Gasteiger partial charge on any atom is -0.383 e. The Morgan fingerprint density at radius 2 is 2.21 bits per heavy atom. The Hall–Kier alpha value is -1.30. The van der Waals surface area contributed by atoms with Crippen LogP contribution in [0.5, 0.6) is 0 Å². The van der Waals surface area contributed by atoms with Gasteiger partial charge in [0.2, 0.25) is 0 Å². The quantitative estimate of drug-likeness (QED) is 0.570. The molecule has 0 atom stereocenters. The fourth-order valence-corrected chi connectivity index (χ4v) is 1.23. The second kappa shape index (κ2) is 4.28. The van der Waals surface area contributed by atoms with Crippen molar-refractivity contribution in [1.82, 2.24) is 14.9 Å². The van der Waals surface area contributed by atoms with E-state index in [1.165, 1.54) is 22.9 Å². The number of nitrogens with zero attached hydrogens (tertiary/aromatic N) is 3. The lowest BCUT2D eigenvalue weighted by Crippen LogP contribution is -2.23. The number of anilines is 1. The van der Waals surface area contributed by atoms with E-state index in [0.717, 1.165) is 0 Å². The maximum absolute atomic E-state index is 11.5. The summed E-state index contributed by atoms with van der Waals surface area (Å²) in [6, 6.07) is 0.